The Labute approximate surface area is 400 Å². The number of aryl methyl sites for hydroxylation is 1. The van der Waals surface area contributed by atoms with Crippen molar-refractivity contribution in [3.8, 4) is 5.88 Å². The van der Waals surface area contributed by atoms with Gasteiger partial charge >= 0.3 is 0 Å². The van der Waals surface area contributed by atoms with Crippen molar-refractivity contribution in [3.05, 3.63) is 106 Å². The van der Waals surface area contributed by atoms with Crippen LogP contribution in [0.5, 0.6) is 5.88 Å². The number of alkyl halides is 1. The van der Waals surface area contributed by atoms with Crippen molar-refractivity contribution in [2.75, 3.05) is 54.5 Å². The van der Waals surface area contributed by atoms with E-state index in [1.54, 1.807) is 19.2 Å². The topological polar surface area (TPSA) is 196 Å². The minimum atomic E-state index is -4.69. The summed E-state index contributed by atoms with van der Waals surface area (Å²) in [5, 5.41) is 26.2. The number of hydrogen-bond acceptors (Lipinski definition) is 13. The van der Waals surface area contributed by atoms with Gasteiger partial charge in [0.15, 0.2) is 0 Å². The van der Waals surface area contributed by atoms with Crippen LogP contribution >= 0.6 is 0 Å². The van der Waals surface area contributed by atoms with Crippen LogP contribution in [0, 0.1) is 22.5 Å². The Morgan fingerprint density at radius 2 is 1.77 bits per heavy atom. The highest BCUT2D eigenvalue weighted by Gasteiger charge is 2.50. The number of anilines is 4. The number of halogens is 1. The second kappa shape index (κ2) is 17.2. The van der Waals surface area contributed by atoms with E-state index in [1.807, 2.05) is 29.2 Å². The lowest BCUT2D eigenvalue weighted by molar-refractivity contribution is -0.384. The summed E-state index contributed by atoms with van der Waals surface area (Å²) in [4.78, 5) is 40.7. The number of H-pyrrole nitrogens is 1. The summed E-state index contributed by atoms with van der Waals surface area (Å²) in [5.41, 5.74) is 2.36. The molecule has 0 bridgehead atoms. The average molecular weight is 963 g/mol. The minimum absolute atomic E-state index is 0.0617. The van der Waals surface area contributed by atoms with E-state index in [0.717, 1.165) is 55.7 Å². The van der Waals surface area contributed by atoms with Crippen LogP contribution in [-0.4, -0.2) is 108 Å². The van der Waals surface area contributed by atoms with Crippen molar-refractivity contribution in [1.82, 2.24) is 19.6 Å². The number of amides is 1. The highest BCUT2D eigenvalue weighted by atomic mass is 32.2. The van der Waals surface area contributed by atoms with E-state index in [1.165, 1.54) is 42.9 Å². The van der Waals surface area contributed by atoms with Gasteiger partial charge in [-0.2, -0.15) is 4.98 Å². The lowest BCUT2D eigenvalue weighted by Crippen LogP contribution is -2.55. The molecule has 1 spiro atoms. The van der Waals surface area contributed by atoms with Crippen molar-refractivity contribution in [2.45, 2.75) is 118 Å². The highest BCUT2D eigenvalue weighted by molar-refractivity contribution is 7.90. The molecular weight excluding hydrogens is 904 g/mol. The molecule has 16 nitrogen and oxygen atoms in total. The quantitative estimate of drug-likeness (QED) is 0.0731. The number of sulfonamides is 1. The normalized spacial score (nSPS) is 26.9. The molecule has 4 aliphatic heterocycles. The number of rotatable bonds is 11. The number of likely N-dealkylation sites (tertiary alicyclic amines) is 1. The molecule has 2 saturated carbocycles. The van der Waals surface area contributed by atoms with Gasteiger partial charge in [-0.15, -0.1) is 0 Å². The highest BCUT2D eigenvalue weighted by Crippen LogP contribution is 2.54. The lowest BCUT2D eigenvalue weighted by Gasteiger charge is -2.56. The van der Waals surface area contributed by atoms with E-state index in [2.05, 4.69) is 56.0 Å². The fourth-order valence-corrected chi connectivity index (χ4v) is 13.0. The van der Waals surface area contributed by atoms with Gasteiger partial charge in [-0.1, -0.05) is 24.3 Å². The Balaban J connectivity index is 0.863. The summed E-state index contributed by atoms with van der Waals surface area (Å²) >= 11 is 0. The van der Waals surface area contributed by atoms with Gasteiger partial charge in [0.25, 0.3) is 21.6 Å². The van der Waals surface area contributed by atoms with Gasteiger partial charge in [-0.25, -0.2) is 17.5 Å². The molecule has 3 atom stereocenters. The standard InChI is InChI=1S/C51H59FN8O8S/c1-32-6-3-4-7-37(32)40-8-5-21-58(40)35-27-50(28-35)18-22-57(23-19-50)34-9-11-38(41(25-34)59-43-24-33-13-20-53-46(33)55-48(43)68-45-30-67-29-44(45)59)47(61)56-69(65,66)36-10-12-39(42(26-36)60(63)64)54-31-51(52)16-14-49(2,62)15-17-51/h3-4,6-7,9-13,20,24-26,35,40,44-45,54,62H,5,8,14-19,21-23,27-31H2,1-2H3,(H,53,55)(H,56,61)/t40-,44+,45+,49-,51-/m0/s1. The SMILES string of the molecule is Cc1ccccc1[C@@H]1CCCN1C1CC2(CCN(c3ccc(C(=O)NS(=O)(=O)c4ccc(NC[C@]5(F)CC[C@](C)(O)CC5)c([N+](=O)[O-])c4)c(N4c5cc6cc[nH]c6nc5O[C@@H]5COC[C@H]54)c3)CC2)C1. The van der Waals surface area contributed by atoms with Crippen molar-refractivity contribution in [1.29, 1.82) is 0 Å². The maximum absolute atomic E-state index is 15.7. The first-order chi connectivity index (χ1) is 33.1. The Kier molecular flexibility index (Phi) is 11.4. The Bertz CT molecular complexity index is 2920. The molecule has 3 aromatic carbocycles. The average Bonchev–Trinajstić information content (AvgIpc) is 4.12. The summed E-state index contributed by atoms with van der Waals surface area (Å²) in [5.74, 6) is -0.588. The van der Waals surface area contributed by atoms with Crippen LogP contribution in [-0.2, 0) is 14.8 Å². The number of ether oxygens (including phenoxy) is 2. The first kappa shape index (κ1) is 45.6. The number of pyridine rings is 1. The van der Waals surface area contributed by atoms with E-state index >= 15 is 4.39 Å². The zero-order valence-corrected chi connectivity index (χ0v) is 39.8. The maximum atomic E-state index is 15.7. The van der Waals surface area contributed by atoms with Gasteiger partial charge in [-0.3, -0.25) is 19.8 Å². The van der Waals surface area contributed by atoms with Crippen LogP contribution in [0.1, 0.15) is 98.7 Å². The van der Waals surface area contributed by atoms with Gasteiger partial charge in [0.1, 0.15) is 28.8 Å². The lowest BCUT2D eigenvalue weighted by atomic mass is 9.59. The van der Waals surface area contributed by atoms with Gasteiger partial charge < -0.3 is 34.7 Å². The predicted molar refractivity (Wildman–Crippen MR) is 260 cm³/mol. The molecule has 6 aliphatic rings. The fraction of sp³-hybridized carbons (Fsp3) is 0.490. The molecule has 18 heteroatoms. The zero-order valence-electron chi connectivity index (χ0n) is 39.0. The predicted octanol–water partition coefficient (Wildman–Crippen LogP) is 8.23. The molecule has 364 valence electrons. The largest absolute Gasteiger partial charge is 0.468 e. The van der Waals surface area contributed by atoms with E-state index < -0.39 is 48.8 Å². The third-order valence-corrected chi connectivity index (χ3v) is 17.5. The smallest absolute Gasteiger partial charge is 0.293 e. The Morgan fingerprint density at radius 3 is 2.54 bits per heavy atom. The Morgan fingerprint density at radius 1 is 0.986 bits per heavy atom. The van der Waals surface area contributed by atoms with E-state index in [9.17, 15) is 28.4 Å². The van der Waals surface area contributed by atoms with Crippen molar-refractivity contribution in [3.63, 3.8) is 0 Å². The van der Waals surface area contributed by atoms with E-state index in [4.69, 9.17) is 14.5 Å². The van der Waals surface area contributed by atoms with Gasteiger partial charge in [0.05, 0.1) is 45.9 Å². The number of aliphatic hydroxyl groups is 1. The van der Waals surface area contributed by atoms with Crippen LogP contribution in [0.2, 0.25) is 0 Å². The van der Waals surface area contributed by atoms with Gasteiger partial charge in [0, 0.05) is 55.1 Å². The number of fused-ring (bicyclic) bond motifs is 3. The van der Waals surface area contributed by atoms with Crippen LogP contribution in [0.3, 0.4) is 0 Å². The zero-order chi connectivity index (χ0) is 47.9. The third-order valence-electron chi connectivity index (χ3n) is 16.2. The number of hydrogen-bond donors (Lipinski definition) is 4. The summed E-state index contributed by atoms with van der Waals surface area (Å²) in [6, 6.07) is 22.0. The number of nitrogens with one attached hydrogen (secondary N) is 3. The number of nitrogens with zero attached hydrogens (tertiary/aromatic N) is 5. The van der Waals surface area contributed by atoms with E-state index in [-0.39, 0.29) is 68.1 Å². The molecule has 3 saturated heterocycles. The fourth-order valence-electron chi connectivity index (χ4n) is 12.1. The molecule has 2 aliphatic carbocycles. The number of nitro benzene ring substituents is 1. The number of nitro groups is 1. The van der Waals surface area contributed by atoms with Crippen LogP contribution in [0.4, 0.5) is 32.8 Å². The number of carbonyl (C=O) groups excluding carboxylic acids is 1. The van der Waals surface area contributed by atoms with Crippen LogP contribution < -0.4 is 24.6 Å². The number of carbonyl (C=O) groups is 1. The second-order valence-electron chi connectivity index (χ2n) is 20.7. The van der Waals surface area contributed by atoms with Crippen molar-refractivity contribution in [2.24, 2.45) is 5.41 Å². The molecule has 2 aromatic heterocycles. The molecule has 0 unspecified atom stereocenters. The molecule has 5 fully saturated rings. The van der Waals surface area contributed by atoms with E-state index in [0.29, 0.717) is 35.0 Å². The minimum Gasteiger partial charge on any atom is -0.468 e. The first-order valence-electron chi connectivity index (χ1n) is 24.3. The molecule has 0 radical (unpaired) electrons. The van der Waals surface area contributed by atoms with Crippen LogP contribution in [0.25, 0.3) is 11.0 Å². The summed E-state index contributed by atoms with van der Waals surface area (Å²) in [6.45, 7) is 6.97. The van der Waals surface area contributed by atoms with Crippen molar-refractivity contribution < 1.29 is 37.1 Å². The maximum Gasteiger partial charge on any atom is 0.293 e. The Hall–Kier alpha value is -5.82. The number of aromatic amines is 1. The third kappa shape index (κ3) is 8.56. The number of benzene rings is 3. The molecule has 11 rings (SSSR count). The van der Waals surface area contributed by atoms with Crippen molar-refractivity contribution >= 4 is 55.4 Å². The van der Waals surface area contributed by atoms with Crippen LogP contribution in [0.15, 0.2) is 83.9 Å². The molecule has 1 amide bonds. The number of aromatic nitrogens is 2. The van der Waals surface area contributed by atoms with Gasteiger partial charge in [0.2, 0.25) is 5.88 Å². The molecule has 5 aromatic rings. The first-order valence-corrected chi connectivity index (χ1v) is 25.8. The molecular formula is C51H59FN8O8S. The van der Waals surface area contributed by atoms with Gasteiger partial charge in [-0.05, 0) is 144 Å². The number of piperidine rings is 1. The molecule has 4 N–H and O–H groups in total. The second-order valence-corrected chi connectivity index (χ2v) is 22.4. The summed E-state index contributed by atoms with van der Waals surface area (Å²) < 4.78 is 58.4. The monoisotopic (exact) mass is 962 g/mol. The molecule has 6 heterocycles. The summed E-state index contributed by atoms with van der Waals surface area (Å²) in [6.07, 6.45) is 8.81. The summed E-state index contributed by atoms with van der Waals surface area (Å²) in [7, 11) is -4.69. The molecule has 69 heavy (non-hydrogen) atoms.